The Morgan fingerprint density at radius 2 is 1.71 bits per heavy atom. The summed E-state index contributed by atoms with van der Waals surface area (Å²) in [5.74, 6) is 0.226. The Morgan fingerprint density at radius 3 is 2.38 bits per heavy atom. The summed E-state index contributed by atoms with van der Waals surface area (Å²) in [6, 6.07) is 9.44. The molecule has 110 valence electrons. The molecular formula is C17H19NO3. The molecule has 0 saturated heterocycles. The molecular weight excluding hydrogens is 266 g/mol. The van der Waals surface area contributed by atoms with Crippen molar-refractivity contribution < 1.29 is 9.21 Å². The van der Waals surface area contributed by atoms with Gasteiger partial charge in [-0.25, -0.2) is 9.36 Å². The monoisotopic (exact) mass is 285 g/mol. The molecule has 0 radical (unpaired) electrons. The fourth-order valence-electron chi connectivity index (χ4n) is 3.12. The number of nitrogens with zero attached hydrogens (tertiary/aromatic N) is 1. The van der Waals surface area contributed by atoms with Gasteiger partial charge in [-0.15, -0.1) is 0 Å². The van der Waals surface area contributed by atoms with E-state index >= 15 is 0 Å². The van der Waals surface area contributed by atoms with E-state index in [0.717, 1.165) is 11.4 Å². The molecule has 1 aromatic heterocycles. The first-order valence-electron chi connectivity index (χ1n) is 7.34. The van der Waals surface area contributed by atoms with Crippen LogP contribution in [0.3, 0.4) is 0 Å². The molecule has 0 saturated carbocycles. The number of carbonyl (C=O) groups excluding carboxylic acids is 1. The molecule has 0 amide bonds. The van der Waals surface area contributed by atoms with E-state index in [0.29, 0.717) is 12.2 Å². The maximum absolute atomic E-state index is 12.3. The lowest BCUT2D eigenvalue weighted by atomic mass is 9.87. The highest BCUT2D eigenvalue weighted by Crippen LogP contribution is 2.35. The van der Waals surface area contributed by atoms with E-state index < -0.39 is 0 Å². The van der Waals surface area contributed by atoms with E-state index in [4.69, 9.17) is 4.42 Å². The molecule has 0 unspecified atom stereocenters. The van der Waals surface area contributed by atoms with Crippen LogP contribution >= 0.6 is 0 Å². The lowest BCUT2D eigenvalue weighted by molar-refractivity contribution is -0.126. The minimum atomic E-state index is -0.369. The lowest BCUT2D eigenvalue weighted by Gasteiger charge is -2.15. The number of fused-ring (bicyclic) bond motifs is 1. The van der Waals surface area contributed by atoms with Gasteiger partial charge in [0.05, 0.1) is 11.4 Å². The van der Waals surface area contributed by atoms with Gasteiger partial charge in [-0.1, -0.05) is 39.0 Å². The normalized spacial score (nSPS) is 25.5. The SMILES string of the molecule is C[C@H]1Cc2c(oc(=O)n2-c2ccccc2)[C@H](C)[C@@H](C)C1=O. The highest BCUT2D eigenvalue weighted by Gasteiger charge is 2.36. The third-order valence-electron chi connectivity index (χ3n) is 4.55. The van der Waals surface area contributed by atoms with Gasteiger partial charge in [0.25, 0.3) is 0 Å². The van der Waals surface area contributed by atoms with Gasteiger partial charge >= 0.3 is 5.76 Å². The van der Waals surface area contributed by atoms with Crippen LogP contribution in [0, 0.1) is 11.8 Å². The van der Waals surface area contributed by atoms with Gasteiger partial charge in [0, 0.05) is 24.2 Å². The number of benzene rings is 1. The Labute approximate surface area is 123 Å². The van der Waals surface area contributed by atoms with Gasteiger partial charge in [-0.05, 0) is 12.1 Å². The number of ketones is 1. The standard InChI is InChI=1S/C17H19NO3/c1-10-9-14-16(12(3)11(2)15(10)19)21-17(20)18(14)13-7-5-4-6-8-13/h4-8,10-12H,9H2,1-3H3/t10-,11+,12+/m0/s1. The smallest absolute Gasteiger partial charge is 0.412 e. The zero-order valence-corrected chi connectivity index (χ0v) is 12.5. The van der Waals surface area contributed by atoms with Gasteiger partial charge in [-0.3, -0.25) is 4.79 Å². The molecule has 4 heteroatoms. The fourth-order valence-corrected chi connectivity index (χ4v) is 3.12. The van der Waals surface area contributed by atoms with Crippen LogP contribution in [0.2, 0.25) is 0 Å². The Hall–Kier alpha value is -2.10. The van der Waals surface area contributed by atoms with Gasteiger partial charge in [-0.2, -0.15) is 0 Å². The van der Waals surface area contributed by atoms with Gasteiger partial charge in [0.1, 0.15) is 11.5 Å². The molecule has 0 N–H and O–H groups in total. The Bertz CT molecular complexity index is 726. The maximum atomic E-state index is 12.3. The summed E-state index contributed by atoms with van der Waals surface area (Å²) in [5.41, 5.74) is 1.62. The second-order valence-corrected chi connectivity index (χ2v) is 5.93. The van der Waals surface area contributed by atoms with Crippen molar-refractivity contribution >= 4 is 5.78 Å². The van der Waals surface area contributed by atoms with Crippen LogP contribution in [0.4, 0.5) is 0 Å². The largest absolute Gasteiger partial charge is 0.424 e. The average molecular weight is 285 g/mol. The van der Waals surface area contributed by atoms with E-state index in [9.17, 15) is 9.59 Å². The van der Waals surface area contributed by atoms with Gasteiger partial charge in [0.15, 0.2) is 0 Å². The summed E-state index contributed by atoms with van der Waals surface area (Å²) in [5, 5.41) is 0. The van der Waals surface area contributed by atoms with Crippen LogP contribution < -0.4 is 5.76 Å². The molecule has 0 spiro atoms. The molecule has 1 aromatic carbocycles. The number of para-hydroxylation sites is 1. The zero-order valence-electron chi connectivity index (χ0n) is 12.5. The fraction of sp³-hybridized carbons (Fsp3) is 0.412. The quantitative estimate of drug-likeness (QED) is 0.757. The number of rotatable bonds is 1. The Kier molecular flexibility index (Phi) is 3.32. The predicted molar refractivity (Wildman–Crippen MR) is 79.8 cm³/mol. The maximum Gasteiger partial charge on any atom is 0.424 e. The number of carbonyl (C=O) groups is 1. The third kappa shape index (κ3) is 2.15. The van der Waals surface area contributed by atoms with Crippen molar-refractivity contribution in [2.45, 2.75) is 33.1 Å². The van der Waals surface area contributed by atoms with E-state index in [1.807, 2.05) is 51.1 Å². The Balaban J connectivity index is 2.22. The molecule has 3 atom stereocenters. The van der Waals surface area contributed by atoms with Crippen LogP contribution in [0.25, 0.3) is 5.69 Å². The topological polar surface area (TPSA) is 52.2 Å². The average Bonchev–Trinajstić information content (AvgIpc) is 2.78. The van der Waals surface area contributed by atoms with Crippen LogP contribution in [0.15, 0.2) is 39.5 Å². The minimum absolute atomic E-state index is 0.0740. The van der Waals surface area contributed by atoms with Crippen molar-refractivity contribution in [3.05, 3.63) is 52.3 Å². The molecule has 3 rings (SSSR count). The summed E-state index contributed by atoms with van der Waals surface area (Å²) >= 11 is 0. The molecule has 4 nitrogen and oxygen atoms in total. The molecule has 1 aliphatic carbocycles. The van der Waals surface area contributed by atoms with Crippen molar-refractivity contribution in [2.24, 2.45) is 11.8 Å². The lowest BCUT2D eigenvalue weighted by Crippen LogP contribution is -2.23. The number of Topliss-reactive ketones (excluding diaryl/α,β-unsaturated/α-hetero) is 1. The summed E-state index contributed by atoms with van der Waals surface area (Å²) < 4.78 is 7.11. The number of oxazole rings is 1. The number of hydrogen-bond donors (Lipinski definition) is 0. The van der Waals surface area contributed by atoms with Crippen molar-refractivity contribution in [3.63, 3.8) is 0 Å². The highest BCUT2D eigenvalue weighted by molar-refractivity contribution is 5.84. The van der Waals surface area contributed by atoms with Crippen molar-refractivity contribution in [3.8, 4) is 5.69 Å². The second kappa shape index (κ2) is 5.02. The summed E-state index contributed by atoms with van der Waals surface area (Å²) in [4.78, 5) is 24.6. The van der Waals surface area contributed by atoms with Crippen LogP contribution in [0.1, 0.15) is 38.1 Å². The van der Waals surface area contributed by atoms with Gasteiger partial charge < -0.3 is 4.42 Å². The molecule has 21 heavy (non-hydrogen) atoms. The van der Waals surface area contributed by atoms with Crippen LogP contribution in [0.5, 0.6) is 0 Å². The predicted octanol–water partition coefficient (Wildman–Crippen LogP) is 2.93. The van der Waals surface area contributed by atoms with Crippen molar-refractivity contribution in [2.75, 3.05) is 0 Å². The highest BCUT2D eigenvalue weighted by atomic mass is 16.4. The molecule has 0 bridgehead atoms. The molecule has 1 aliphatic rings. The first kappa shape index (κ1) is 13.9. The second-order valence-electron chi connectivity index (χ2n) is 5.93. The summed E-state index contributed by atoms with van der Waals surface area (Å²) in [6.45, 7) is 5.80. The van der Waals surface area contributed by atoms with E-state index in [1.54, 1.807) is 4.57 Å². The molecule has 1 heterocycles. The van der Waals surface area contributed by atoms with Crippen molar-refractivity contribution in [1.82, 2.24) is 4.57 Å². The van der Waals surface area contributed by atoms with E-state index in [2.05, 4.69) is 0 Å². The van der Waals surface area contributed by atoms with Crippen LogP contribution in [-0.2, 0) is 11.2 Å². The zero-order chi connectivity index (χ0) is 15.1. The number of aromatic nitrogens is 1. The minimum Gasteiger partial charge on any atom is -0.412 e. The summed E-state index contributed by atoms with van der Waals surface area (Å²) in [7, 11) is 0. The van der Waals surface area contributed by atoms with E-state index in [1.165, 1.54) is 0 Å². The third-order valence-corrected chi connectivity index (χ3v) is 4.55. The Morgan fingerprint density at radius 1 is 1.05 bits per heavy atom. The van der Waals surface area contributed by atoms with Crippen LogP contribution in [-0.4, -0.2) is 10.4 Å². The molecule has 0 fully saturated rings. The summed E-state index contributed by atoms with van der Waals surface area (Å²) in [6.07, 6.45) is 0.545. The molecule has 0 aliphatic heterocycles. The number of hydrogen-bond acceptors (Lipinski definition) is 3. The first-order chi connectivity index (χ1) is 10.0. The first-order valence-corrected chi connectivity index (χ1v) is 7.34. The molecule has 2 aromatic rings. The van der Waals surface area contributed by atoms with E-state index in [-0.39, 0.29) is 29.3 Å². The van der Waals surface area contributed by atoms with Gasteiger partial charge in [0.2, 0.25) is 0 Å². The van der Waals surface area contributed by atoms with Crippen molar-refractivity contribution in [1.29, 1.82) is 0 Å².